The standard InChI is InChI=1S/3C16H34O8.2C13H28O6/c1-15(2)23-11-10-22-14-16(24-12-9-20-6-4-18)13-21-8-7-19-5-3-17;1-15(2)23-11-9-20-7-8-22-14-16(13-21-6-4-18)24-12-10-19-5-3-17;1-15(2)23-11-9-20-10-12-24-16(13-21-6-4-18)14-22-8-7-19-5-3-17;1-12(2)18-6-3-13(11-17-8-5-15)19-10-9-16-7-4-14;1-12(2)18-9-8-17-11-13(3-4-14)19-10-7-16-6-5-15/h3*15-18H,3-14H2,1-2H3;2*12-15H,3-11H2,1-2H3. The Bertz CT molecular complexity index is 1580. The number of aliphatic hydroxyl groups is 10. The second kappa shape index (κ2) is 104. The number of hydrogen-bond acceptors (Lipinski definition) is 36. The molecule has 36 nitrogen and oxygen atoms in total. The van der Waals surface area contributed by atoms with Crippen LogP contribution >= 0.6 is 0 Å². The molecule has 10 N–H and O–H groups in total. The Hall–Kier alpha value is -1.44. The van der Waals surface area contributed by atoms with E-state index in [-0.39, 0.29) is 140 Å². The molecule has 0 heterocycles. The second-order valence-corrected chi connectivity index (χ2v) is 24.4. The molecule has 670 valence electrons. The minimum absolute atomic E-state index is 0.000653. The van der Waals surface area contributed by atoms with E-state index < -0.39 is 0 Å². The van der Waals surface area contributed by atoms with Crippen LogP contribution in [0.25, 0.3) is 0 Å². The van der Waals surface area contributed by atoms with E-state index in [0.717, 1.165) is 6.42 Å². The molecule has 0 saturated heterocycles. The van der Waals surface area contributed by atoms with Crippen molar-refractivity contribution in [3.8, 4) is 0 Å². The largest absolute Gasteiger partial charge is 0.396 e. The number of ether oxygens (including phenoxy) is 26. The van der Waals surface area contributed by atoms with E-state index in [9.17, 15) is 0 Å². The van der Waals surface area contributed by atoms with Gasteiger partial charge < -0.3 is 174 Å². The summed E-state index contributed by atoms with van der Waals surface area (Å²) in [5, 5.41) is 86.6. The molecule has 0 aliphatic rings. The van der Waals surface area contributed by atoms with Crippen LogP contribution in [0.3, 0.4) is 0 Å². The molecule has 36 heteroatoms. The third kappa shape index (κ3) is 111. The van der Waals surface area contributed by atoms with E-state index in [1.807, 2.05) is 69.2 Å². The van der Waals surface area contributed by atoms with Crippen LogP contribution in [0.2, 0.25) is 0 Å². The van der Waals surface area contributed by atoms with E-state index in [0.29, 0.717) is 271 Å². The zero-order valence-electron chi connectivity index (χ0n) is 69.0. The Labute approximate surface area is 658 Å². The summed E-state index contributed by atoms with van der Waals surface area (Å²) >= 11 is 0. The maximum Gasteiger partial charge on any atom is 0.104 e. The monoisotopic (exact) mass is 1620 g/mol. The van der Waals surface area contributed by atoms with Crippen molar-refractivity contribution in [2.75, 3.05) is 344 Å². The van der Waals surface area contributed by atoms with Gasteiger partial charge in [0.1, 0.15) is 18.3 Å². The SMILES string of the molecule is CC(C)OCCC(COCCO)OCCOCCO.CC(C)OCCOCC(CCO)OCCOCCO.CC(C)OCCOCC(COCCOCCO)OCCOCCO.CC(C)OCCOCCOC(COCCO)COCCOCCO.CC(C)OCCOCCOCC(COCCO)OCCOCCO. The van der Waals surface area contributed by atoms with Crippen molar-refractivity contribution in [1.82, 2.24) is 0 Å². The zero-order chi connectivity index (χ0) is 82.3. The fourth-order valence-electron chi connectivity index (χ4n) is 7.65. The molecule has 0 spiro atoms. The van der Waals surface area contributed by atoms with Gasteiger partial charge in [0.05, 0.1) is 373 Å². The number of rotatable bonds is 85. The molecule has 0 bridgehead atoms. The van der Waals surface area contributed by atoms with Crippen LogP contribution in [-0.4, -0.2) is 456 Å². The van der Waals surface area contributed by atoms with Crippen molar-refractivity contribution in [2.45, 2.75) is 143 Å². The highest BCUT2D eigenvalue weighted by atomic mass is 16.6. The van der Waals surface area contributed by atoms with E-state index in [1.165, 1.54) is 0 Å². The molecule has 0 aliphatic carbocycles. The van der Waals surface area contributed by atoms with Crippen LogP contribution < -0.4 is 0 Å². The molecular weight excluding hydrogens is 1460 g/mol. The van der Waals surface area contributed by atoms with Gasteiger partial charge >= 0.3 is 0 Å². The van der Waals surface area contributed by atoms with Crippen molar-refractivity contribution >= 4 is 0 Å². The molecule has 0 aromatic carbocycles. The summed E-state index contributed by atoms with van der Waals surface area (Å²) in [6, 6.07) is 0. The van der Waals surface area contributed by atoms with Crippen LogP contribution in [0.5, 0.6) is 0 Å². The van der Waals surface area contributed by atoms with Gasteiger partial charge in [0.2, 0.25) is 0 Å². The fourth-order valence-corrected chi connectivity index (χ4v) is 7.65. The van der Waals surface area contributed by atoms with Crippen molar-refractivity contribution < 1.29 is 174 Å². The minimum Gasteiger partial charge on any atom is -0.396 e. The molecule has 110 heavy (non-hydrogen) atoms. The van der Waals surface area contributed by atoms with Gasteiger partial charge in [-0.3, -0.25) is 0 Å². The first-order valence-corrected chi connectivity index (χ1v) is 39.0. The lowest BCUT2D eigenvalue weighted by atomic mass is 10.3. The highest BCUT2D eigenvalue weighted by molar-refractivity contribution is 4.61. The minimum atomic E-state index is -0.237. The molecule has 0 aliphatic heterocycles. The first-order valence-electron chi connectivity index (χ1n) is 39.0. The van der Waals surface area contributed by atoms with Crippen LogP contribution in [0.4, 0.5) is 0 Å². The Morgan fingerprint density at radius 2 is 0.282 bits per heavy atom. The highest BCUT2D eigenvalue weighted by Crippen LogP contribution is 2.05. The summed E-state index contributed by atoms with van der Waals surface area (Å²) < 4.78 is 140. The number of hydrogen-bond donors (Lipinski definition) is 10. The molecule has 0 aromatic rings. The van der Waals surface area contributed by atoms with Crippen LogP contribution in [-0.2, 0) is 123 Å². The molecule has 0 amide bonds. The first-order chi connectivity index (χ1) is 53.5. The molecule has 0 radical (unpaired) electrons. The molecule has 5 unspecified atom stereocenters. The Balaban J connectivity index is -0.000000419. The maximum atomic E-state index is 8.93. The van der Waals surface area contributed by atoms with Crippen LogP contribution in [0.15, 0.2) is 0 Å². The van der Waals surface area contributed by atoms with Gasteiger partial charge in [-0.15, -0.1) is 0 Å². The summed E-state index contributed by atoms with van der Waals surface area (Å²) in [5.41, 5.74) is 0. The molecule has 5 atom stereocenters. The van der Waals surface area contributed by atoms with Crippen LogP contribution in [0.1, 0.15) is 82.1 Å². The molecular formula is C74H158O36. The molecule has 0 aromatic heterocycles. The normalized spacial score (nSPS) is 13.0. The van der Waals surface area contributed by atoms with Gasteiger partial charge in [0.15, 0.2) is 0 Å². The summed E-state index contributed by atoms with van der Waals surface area (Å²) in [6.07, 6.45) is 1.40. The second-order valence-electron chi connectivity index (χ2n) is 24.4. The lowest BCUT2D eigenvalue weighted by Crippen LogP contribution is -2.29. The van der Waals surface area contributed by atoms with Gasteiger partial charge in [-0.05, 0) is 82.1 Å². The summed E-state index contributed by atoms with van der Waals surface area (Å²) in [7, 11) is 0. The van der Waals surface area contributed by atoms with Gasteiger partial charge in [-0.25, -0.2) is 0 Å². The third-order valence-electron chi connectivity index (χ3n) is 12.6. The third-order valence-corrected chi connectivity index (χ3v) is 12.6. The summed E-state index contributed by atoms with van der Waals surface area (Å²) in [6.45, 7) is 37.5. The van der Waals surface area contributed by atoms with Gasteiger partial charge in [-0.1, -0.05) is 0 Å². The molecule has 0 fully saturated rings. The van der Waals surface area contributed by atoms with E-state index in [1.54, 1.807) is 0 Å². The maximum absolute atomic E-state index is 8.93. The summed E-state index contributed by atoms with van der Waals surface area (Å²) in [4.78, 5) is 0. The van der Waals surface area contributed by atoms with Crippen LogP contribution in [0, 0.1) is 0 Å². The first kappa shape index (κ1) is 117. The van der Waals surface area contributed by atoms with Gasteiger partial charge in [0, 0.05) is 13.2 Å². The van der Waals surface area contributed by atoms with E-state index in [4.69, 9.17) is 174 Å². The molecule has 0 saturated carbocycles. The Morgan fingerprint density at radius 1 is 0.136 bits per heavy atom. The van der Waals surface area contributed by atoms with Crippen molar-refractivity contribution in [3.05, 3.63) is 0 Å². The average Bonchev–Trinajstić information content (AvgIpc) is 1.05. The highest BCUT2D eigenvalue weighted by Gasteiger charge is 2.15. The lowest BCUT2D eigenvalue weighted by Gasteiger charge is -2.18. The van der Waals surface area contributed by atoms with E-state index >= 15 is 0 Å². The predicted molar refractivity (Wildman–Crippen MR) is 407 cm³/mol. The smallest absolute Gasteiger partial charge is 0.104 e. The van der Waals surface area contributed by atoms with Crippen molar-refractivity contribution in [2.24, 2.45) is 0 Å². The lowest BCUT2D eigenvalue weighted by molar-refractivity contribution is -0.0863. The van der Waals surface area contributed by atoms with Crippen molar-refractivity contribution in [1.29, 1.82) is 0 Å². The number of aliphatic hydroxyl groups excluding tert-OH is 10. The average molecular weight is 1620 g/mol. The topological polar surface area (TPSA) is 442 Å². The quantitative estimate of drug-likeness (QED) is 0.0357. The fraction of sp³-hybridized carbons (Fsp3) is 1.00. The van der Waals surface area contributed by atoms with Crippen molar-refractivity contribution in [3.63, 3.8) is 0 Å². The zero-order valence-corrected chi connectivity index (χ0v) is 69.0. The van der Waals surface area contributed by atoms with E-state index in [2.05, 4.69) is 0 Å². The molecule has 0 rings (SSSR count). The van der Waals surface area contributed by atoms with Gasteiger partial charge in [0.25, 0.3) is 0 Å². The Kier molecular flexibility index (Phi) is 110. The Morgan fingerprint density at radius 3 is 0.500 bits per heavy atom. The van der Waals surface area contributed by atoms with Gasteiger partial charge in [-0.2, -0.15) is 0 Å². The predicted octanol–water partition coefficient (Wildman–Crippen LogP) is -0.0482. The summed E-state index contributed by atoms with van der Waals surface area (Å²) in [5.74, 6) is 0.